The van der Waals surface area contributed by atoms with E-state index in [9.17, 15) is 8.42 Å². The van der Waals surface area contributed by atoms with Crippen molar-refractivity contribution >= 4 is 20.8 Å². The molecule has 114 valence electrons. The largest absolute Gasteiger partial charge is 0.396 e. The van der Waals surface area contributed by atoms with Crippen LogP contribution in [0.2, 0.25) is 0 Å². The lowest BCUT2D eigenvalue weighted by Crippen LogP contribution is -2.28. The summed E-state index contributed by atoms with van der Waals surface area (Å²) in [5.41, 5.74) is 0. The van der Waals surface area contributed by atoms with Crippen LogP contribution < -0.4 is 4.72 Å². The second kappa shape index (κ2) is 7.02. The molecule has 0 bridgehead atoms. The lowest BCUT2D eigenvalue weighted by molar-refractivity contribution is 0.274. The standard InChI is InChI=1S/C16H21NO3S/c1-13(5-4-10-18)12-17-21(19,20)16-9-8-14-6-2-3-7-15(14)11-16/h2-3,6-9,11,13,17-18H,4-5,10,12H2,1H3/t13-/m0/s1. The number of aliphatic hydroxyl groups excluding tert-OH is 1. The first-order chi connectivity index (χ1) is 10.0. The van der Waals surface area contributed by atoms with Gasteiger partial charge in [0.2, 0.25) is 10.0 Å². The van der Waals surface area contributed by atoms with Crippen LogP contribution in [0.1, 0.15) is 19.8 Å². The summed E-state index contributed by atoms with van der Waals surface area (Å²) in [5, 5.41) is 10.7. The number of rotatable bonds is 7. The second-order valence-corrected chi connectivity index (χ2v) is 7.10. The first-order valence-corrected chi connectivity index (χ1v) is 8.60. The molecule has 0 heterocycles. The summed E-state index contributed by atoms with van der Waals surface area (Å²) in [6.07, 6.45) is 1.50. The molecule has 0 unspecified atom stereocenters. The third kappa shape index (κ3) is 4.27. The van der Waals surface area contributed by atoms with Crippen LogP contribution in [-0.2, 0) is 10.0 Å². The fourth-order valence-electron chi connectivity index (χ4n) is 2.21. The maximum absolute atomic E-state index is 12.3. The molecule has 2 aromatic rings. The van der Waals surface area contributed by atoms with Gasteiger partial charge in [0.05, 0.1) is 4.90 Å². The molecule has 2 N–H and O–H groups in total. The van der Waals surface area contributed by atoms with E-state index >= 15 is 0 Å². The van der Waals surface area contributed by atoms with Gasteiger partial charge in [0, 0.05) is 13.2 Å². The van der Waals surface area contributed by atoms with Crippen molar-refractivity contribution in [1.82, 2.24) is 4.72 Å². The molecule has 0 spiro atoms. The van der Waals surface area contributed by atoms with E-state index in [1.165, 1.54) is 0 Å². The molecule has 2 aromatic carbocycles. The number of sulfonamides is 1. The van der Waals surface area contributed by atoms with Crippen LogP contribution >= 0.6 is 0 Å². The van der Waals surface area contributed by atoms with Crippen molar-refractivity contribution in [2.24, 2.45) is 5.92 Å². The van der Waals surface area contributed by atoms with Gasteiger partial charge in [-0.3, -0.25) is 0 Å². The average molecular weight is 307 g/mol. The topological polar surface area (TPSA) is 66.4 Å². The first kappa shape index (κ1) is 15.9. The summed E-state index contributed by atoms with van der Waals surface area (Å²) in [4.78, 5) is 0.288. The van der Waals surface area contributed by atoms with Crippen molar-refractivity contribution in [1.29, 1.82) is 0 Å². The molecule has 4 nitrogen and oxygen atoms in total. The minimum atomic E-state index is -3.48. The van der Waals surface area contributed by atoms with E-state index in [2.05, 4.69) is 4.72 Å². The highest BCUT2D eigenvalue weighted by Gasteiger charge is 2.15. The van der Waals surface area contributed by atoms with E-state index in [-0.39, 0.29) is 17.4 Å². The highest BCUT2D eigenvalue weighted by Crippen LogP contribution is 2.19. The van der Waals surface area contributed by atoms with Gasteiger partial charge in [-0.25, -0.2) is 13.1 Å². The molecule has 1 atom stereocenters. The van der Waals surface area contributed by atoms with Crippen LogP contribution in [0.3, 0.4) is 0 Å². The number of fused-ring (bicyclic) bond motifs is 1. The van der Waals surface area contributed by atoms with Crippen molar-refractivity contribution in [3.05, 3.63) is 42.5 Å². The predicted octanol–water partition coefficient (Wildman–Crippen LogP) is 2.53. The molecule has 0 aliphatic rings. The summed E-state index contributed by atoms with van der Waals surface area (Å²) in [6.45, 7) is 2.50. The molecule has 2 rings (SSSR count). The molecule has 0 aliphatic heterocycles. The molecule has 0 fully saturated rings. The van der Waals surface area contributed by atoms with Crippen LogP contribution in [-0.4, -0.2) is 26.7 Å². The van der Waals surface area contributed by atoms with Crippen LogP contribution in [0.15, 0.2) is 47.4 Å². The summed E-state index contributed by atoms with van der Waals surface area (Å²) in [5.74, 6) is 0.201. The minimum absolute atomic E-state index is 0.141. The summed E-state index contributed by atoms with van der Waals surface area (Å²) < 4.78 is 27.2. The molecule has 21 heavy (non-hydrogen) atoms. The zero-order valence-electron chi connectivity index (χ0n) is 12.1. The van der Waals surface area contributed by atoms with Gasteiger partial charge < -0.3 is 5.11 Å². The van der Waals surface area contributed by atoms with E-state index in [4.69, 9.17) is 5.11 Å². The zero-order valence-corrected chi connectivity index (χ0v) is 12.9. The van der Waals surface area contributed by atoms with E-state index in [1.54, 1.807) is 12.1 Å². The Balaban J connectivity index is 2.10. The minimum Gasteiger partial charge on any atom is -0.396 e. The summed E-state index contributed by atoms with van der Waals surface area (Å²) in [6, 6.07) is 12.8. The van der Waals surface area contributed by atoms with Gasteiger partial charge in [-0.1, -0.05) is 37.3 Å². The molecular formula is C16H21NO3S. The molecule has 0 aliphatic carbocycles. The normalized spacial score (nSPS) is 13.4. The fraction of sp³-hybridized carbons (Fsp3) is 0.375. The van der Waals surface area contributed by atoms with Crippen molar-refractivity contribution in [3.63, 3.8) is 0 Å². The van der Waals surface area contributed by atoms with E-state index in [0.717, 1.165) is 17.2 Å². The number of hydrogen-bond acceptors (Lipinski definition) is 3. The van der Waals surface area contributed by atoms with E-state index < -0.39 is 10.0 Å². The Morgan fingerprint density at radius 3 is 2.57 bits per heavy atom. The van der Waals surface area contributed by atoms with E-state index in [1.807, 2.05) is 37.3 Å². The van der Waals surface area contributed by atoms with Crippen LogP contribution in [0.5, 0.6) is 0 Å². The quantitative estimate of drug-likeness (QED) is 0.826. The monoisotopic (exact) mass is 307 g/mol. The Kier molecular flexibility index (Phi) is 5.33. The predicted molar refractivity (Wildman–Crippen MR) is 84.6 cm³/mol. The molecule has 0 amide bonds. The average Bonchev–Trinajstić information content (AvgIpc) is 2.50. The zero-order chi connectivity index (χ0) is 15.3. The van der Waals surface area contributed by atoms with Crippen molar-refractivity contribution in [3.8, 4) is 0 Å². The highest BCUT2D eigenvalue weighted by molar-refractivity contribution is 7.89. The third-order valence-electron chi connectivity index (χ3n) is 3.51. The maximum Gasteiger partial charge on any atom is 0.240 e. The molecule has 0 saturated carbocycles. The van der Waals surface area contributed by atoms with Crippen LogP contribution in [0.25, 0.3) is 10.8 Å². The maximum atomic E-state index is 12.3. The number of benzene rings is 2. The van der Waals surface area contributed by atoms with Gasteiger partial charge in [-0.15, -0.1) is 0 Å². The molecular weight excluding hydrogens is 286 g/mol. The number of hydrogen-bond donors (Lipinski definition) is 2. The molecule has 0 saturated heterocycles. The SMILES string of the molecule is C[C@@H](CCCO)CNS(=O)(=O)c1ccc2ccccc2c1. The Hall–Kier alpha value is -1.43. The number of aliphatic hydroxyl groups is 1. The van der Waals surface area contributed by atoms with Gasteiger partial charge in [0.15, 0.2) is 0 Å². The van der Waals surface area contributed by atoms with Crippen LogP contribution in [0.4, 0.5) is 0 Å². The van der Waals surface area contributed by atoms with Gasteiger partial charge >= 0.3 is 0 Å². The molecule has 0 aromatic heterocycles. The van der Waals surface area contributed by atoms with Gasteiger partial charge in [0.25, 0.3) is 0 Å². The van der Waals surface area contributed by atoms with E-state index in [0.29, 0.717) is 13.0 Å². The smallest absolute Gasteiger partial charge is 0.240 e. The van der Waals surface area contributed by atoms with Crippen molar-refractivity contribution in [2.45, 2.75) is 24.7 Å². The molecule has 5 heteroatoms. The van der Waals surface area contributed by atoms with Gasteiger partial charge in [-0.05, 0) is 41.7 Å². The number of nitrogens with one attached hydrogen (secondary N) is 1. The van der Waals surface area contributed by atoms with Crippen LogP contribution in [0, 0.1) is 5.92 Å². The Bertz CT molecular complexity index is 697. The first-order valence-electron chi connectivity index (χ1n) is 7.12. The van der Waals surface area contributed by atoms with Gasteiger partial charge in [-0.2, -0.15) is 0 Å². The Morgan fingerprint density at radius 2 is 1.86 bits per heavy atom. The van der Waals surface area contributed by atoms with Gasteiger partial charge in [0.1, 0.15) is 0 Å². The molecule has 0 radical (unpaired) electrons. The lowest BCUT2D eigenvalue weighted by Gasteiger charge is -2.12. The lowest BCUT2D eigenvalue weighted by atomic mass is 10.1. The summed E-state index contributed by atoms with van der Waals surface area (Å²) in [7, 11) is -3.48. The highest BCUT2D eigenvalue weighted by atomic mass is 32.2. The summed E-state index contributed by atoms with van der Waals surface area (Å²) >= 11 is 0. The van der Waals surface area contributed by atoms with Crippen molar-refractivity contribution < 1.29 is 13.5 Å². The third-order valence-corrected chi connectivity index (χ3v) is 4.93. The Labute approximate surface area is 125 Å². The second-order valence-electron chi connectivity index (χ2n) is 5.33. The fourth-order valence-corrected chi connectivity index (χ4v) is 3.41. The van der Waals surface area contributed by atoms with Crippen molar-refractivity contribution in [2.75, 3.05) is 13.2 Å². The Morgan fingerprint density at radius 1 is 1.14 bits per heavy atom.